The second kappa shape index (κ2) is 5.85. The molecule has 3 rings (SSSR count). The quantitative estimate of drug-likeness (QED) is 0.562. The summed E-state index contributed by atoms with van der Waals surface area (Å²) < 4.78 is 8.59. The maximum atomic E-state index is 5.83. The van der Waals surface area contributed by atoms with E-state index in [2.05, 4.69) is 35.6 Å². The molecule has 3 aromatic rings. The molecule has 2 heterocycles. The number of methoxy groups -OCH3 is 1. The van der Waals surface area contributed by atoms with Gasteiger partial charge in [-0.25, -0.2) is 5.43 Å². The highest BCUT2D eigenvalue weighted by atomic mass is 32.1. The number of ether oxygens (including phenoxy) is 1. The van der Waals surface area contributed by atoms with E-state index in [1.807, 2.05) is 16.8 Å². The molecule has 1 unspecified atom stereocenters. The molecule has 2 aromatic heterocycles. The molecule has 110 valence electrons. The number of aromatic nitrogens is 2. The van der Waals surface area contributed by atoms with Crippen molar-refractivity contribution in [2.75, 3.05) is 7.11 Å². The lowest BCUT2D eigenvalue weighted by molar-refractivity contribution is 0.400. The number of nitrogens with two attached hydrogens (primary N) is 1. The van der Waals surface area contributed by atoms with Crippen molar-refractivity contribution in [3.8, 4) is 5.75 Å². The highest BCUT2D eigenvalue weighted by Gasteiger charge is 2.23. The van der Waals surface area contributed by atoms with E-state index in [1.54, 1.807) is 24.6 Å². The largest absolute Gasteiger partial charge is 0.493 e. The number of hydrogen-bond acceptors (Lipinski definition) is 5. The van der Waals surface area contributed by atoms with Gasteiger partial charge in [-0.2, -0.15) is 5.10 Å². The van der Waals surface area contributed by atoms with E-state index >= 15 is 0 Å². The molecule has 0 spiro atoms. The Labute approximate surface area is 127 Å². The van der Waals surface area contributed by atoms with Crippen molar-refractivity contribution in [1.82, 2.24) is 15.2 Å². The van der Waals surface area contributed by atoms with Crippen molar-refractivity contribution in [2.24, 2.45) is 5.84 Å². The molecule has 1 atom stereocenters. The predicted octanol–water partition coefficient (Wildman–Crippen LogP) is 2.68. The Bertz CT molecular complexity index is 695. The summed E-state index contributed by atoms with van der Waals surface area (Å²) in [5, 5.41) is 5.58. The van der Waals surface area contributed by atoms with Crippen molar-refractivity contribution in [3.05, 3.63) is 47.1 Å². The van der Waals surface area contributed by atoms with Crippen LogP contribution in [0.3, 0.4) is 0 Å². The summed E-state index contributed by atoms with van der Waals surface area (Å²) in [4.78, 5) is 1.15. The van der Waals surface area contributed by atoms with Crippen LogP contribution in [0.4, 0.5) is 0 Å². The Morgan fingerprint density at radius 1 is 1.43 bits per heavy atom. The number of fused-ring (bicyclic) bond motifs is 1. The van der Waals surface area contributed by atoms with E-state index in [9.17, 15) is 0 Å². The van der Waals surface area contributed by atoms with Crippen LogP contribution in [0.15, 0.2) is 36.5 Å². The van der Waals surface area contributed by atoms with Crippen LogP contribution in [-0.4, -0.2) is 16.9 Å². The first kappa shape index (κ1) is 14.1. The number of rotatable bonds is 5. The summed E-state index contributed by atoms with van der Waals surface area (Å²) in [7, 11) is 1.65. The van der Waals surface area contributed by atoms with E-state index in [0.29, 0.717) is 0 Å². The summed E-state index contributed by atoms with van der Waals surface area (Å²) in [6.07, 6.45) is 1.73. The van der Waals surface area contributed by atoms with Gasteiger partial charge in [0.2, 0.25) is 0 Å². The summed E-state index contributed by atoms with van der Waals surface area (Å²) in [5.41, 5.74) is 3.85. The van der Waals surface area contributed by atoms with Crippen molar-refractivity contribution >= 4 is 21.4 Å². The number of thiophene rings is 1. The summed E-state index contributed by atoms with van der Waals surface area (Å²) >= 11 is 1.73. The van der Waals surface area contributed by atoms with Gasteiger partial charge in [0.25, 0.3) is 0 Å². The van der Waals surface area contributed by atoms with Crippen LogP contribution in [0.5, 0.6) is 5.75 Å². The molecular weight excluding hydrogens is 284 g/mol. The molecule has 0 fully saturated rings. The average Bonchev–Trinajstić information content (AvgIpc) is 3.11. The maximum absolute atomic E-state index is 5.83. The molecule has 21 heavy (non-hydrogen) atoms. The number of hydrazine groups is 1. The number of aryl methyl sites for hydroxylation is 1. The molecule has 0 bridgehead atoms. The van der Waals surface area contributed by atoms with E-state index in [0.717, 1.165) is 22.9 Å². The minimum absolute atomic E-state index is 0.139. The second-order valence-electron chi connectivity index (χ2n) is 4.70. The van der Waals surface area contributed by atoms with E-state index in [-0.39, 0.29) is 6.04 Å². The van der Waals surface area contributed by atoms with Crippen LogP contribution in [0.1, 0.15) is 23.5 Å². The zero-order valence-electron chi connectivity index (χ0n) is 12.0. The number of benzene rings is 1. The molecule has 0 amide bonds. The van der Waals surface area contributed by atoms with Crippen LogP contribution in [0.2, 0.25) is 0 Å². The molecule has 0 aliphatic rings. The smallest absolute Gasteiger partial charge is 0.162 e. The molecule has 0 saturated carbocycles. The molecule has 0 saturated heterocycles. The molecular formula is C15H18N4OS. The van der Waals surface area contributed by atoms with Gasteiger partial charge in [0.05, 0.1) is 13.3 Å². The number of nitrogens with one attached hydrogen (secondary N) is 1. The Morgan fingerprint density at radius 2 is 2.24 bits per heavy atom. The van der Waals surface area contributed by atoms with Crippen LogP contribution < -0.4 is 16.0 Å². The lowest BCUT2D eigenvalue weighted by Gasteiger charge is -2.17. The van der Waals surface area contributed by atoms with Gasteiger partial charge >= 0.3 is 0 Å². The van der Waals surface area contributed by atoms with Gasteiger partial charge in [0.15, 0.2) is 5.75 Å². The van der Waals surface area contributed by atoms with Gasteiger partial charge in [-0.15, -0.1) is 11.3 Å². The second-order valence-corrected chi connectivity index (χ2v) is 5.82. The van der Waals surface area contributed by atoms with E-state index < -0.39 is 0 Å². The van der Waals surface area contributed by atoms with Crippen molar-refractivity contribution in [2.45, 2.75) is 19.5 Å². The van der Waals surface area contributed by atoms with Gasteiger partial charge in [-0.05, 0) is 24.4 Å². The van der Waals surface area contributed by atoms with E-state index in [1.165, 1.54) is 10.1 Å². The van der Waals surface area contributed by atoms with Gasteiger partial charge in [-0.1, -0.05) is 18.2 Å². The molecule has 0 radical (unpaired) electrons. The topological polar surface area (TPSA) is 65.1 Å². The fraction of sp³-hybridized carbons (Fsp3) is 0.267. The molecule has 0 aliphatic heterocycles. The summed E-state index contributed by atoms with van der Waals surface area (Å²) in [6.45, 7) is 2.82. The van der Waals surface area contributed by atoms with Gasteiger partial charge < -0.3 is 4.74 Å². The molecule has 6 heteroatoms. The molecule has 5 nitrogen and oxygen atoms in total. The van der Waals surface area contributed by atoms with Gasteiger partial charge in [-0.3, -0.25) is 10.5 Å². The number of nitrogens with zero attached hydrogens (tertiary/aromatic N) is 2. The lowest BCUT2D eigenvalue weighted by Crippen LogP contribution is -2.30. The van der Waals surface area contributed by atoms with Crippen molar-refractivity contribution in [3.63, 3.8) is 0 Å². The fourth-order valence-electron chi connectivity index (χ4n) is 2.52. The van der Waals surface area contributed by atoms with E-state index in [4.69, 9.17) is 10.6 Å². The minimum atomic E-state index is -0.139. The maximum Gasteiger partial charge on any atom is 0.162 e. The first-order chi connectivity index (χ1) is 10.3. The zero-order valence-corrected chi connectivity index (χ0v) is 12.9. The highest BCUT2D eigenvalue weighted by Crippen LogP contribution is 2.36. The van der Waals surface area contributed by atoms with Gasteiger partial charge in [0, 0.05) is 16.1 Å². The molecule has 0 aliphatic carbocycles. The first-order valence-electron chi connectivity index (χ1n) is 6.82. The number of hydrogen-bond donors (Lipinski definition) is 2. The summed E-state index contributed by atoms with van der Waals surface area (Å²) in [6, 6.07) is 10.3. The van der Waals surface area contributed by atoms with Crippen LogP contribution >= 0.6 is 11.3 Å². The normalized spacial score (nSPS) is 12.7. The van der Waals surface area contributed by atoms with Crippen LogP contribution in [-0.2, 0) is 6.54 Å². The highest BCUT2D eigenvalue weighted by molar-refractivity contribution is 7.19. The SMILES string of the molecule is CCn1ncc(OC)c1C(NN)c1cc2ccccc2s1. The monoisotopic (exact) mass is 302 g/mol. The van der Waals surface area contributed by atoms with Crippen LogP contribution in [0.25, 0.3) is 10.1 Å². The summed E-state index contributed by atoms with van der Waals surface area (Å²) in [5.74, 6) is 6.57. The minimum Gasteiger partial charge on any atom is -0.493 e. The fourth-order valence-corrected chi connectivity index (χ4v) is 3.65. The van der Waals surface area contributed by atoms with Crippen molar-refractivity contribution < 1.29 is 4.74 Å². The third kappa shape index (κ3) is 2.42. The van der Waals surface area contributed by atoms with Crippen LogP contribution in [0, 0.1) is 0 Å². The van der Waals surface area contributed by atoms with Gasteiger partial charge in [0.1, 0.15) is 11.7 Å². The zero-order chi connectivity index (χ0) is 14.8. The predicted molar refractivity (Wildman–Crippen MR) is 85.4 cm³/mol. The lowest BCUT2D eigenvalue weighted by atomic mass is 10.1. The Morgan fingerprint density at radius 3 is 2.90 bits per heavy atom. The third-order valence-electron chi connectivity index (χ3n) is 3.53. The Kier molecular flexibility index (Phi) is 3.92. The average molecular weight is 302 g/mol. The standard InChI is InChI=1S/C15H18N4OS/c1-3-19-15(11(20-2)9-17-19)14(18-16)13-8-10-6-4-5-7-12(10)21-13/h4-9,14,18H,3,16H2,1-2H3. The third-order valence-corrected chi connectivity index (χ3v) is 4.71. The first-order valence-corrected chi connectivity index (χ1v) is 7.64. The molecule has 1 aromatic carbocycles. The Hall–Kier alpha value is -1.89. The van der Waals surface area contributed by atoms with Crippen molar-refractivity contribution in [1.29, 1.82) is 0 Å². The Balaban J connectivity index is 2.11. The molecule has 3 N–H and O–H groups in total.